The largest absolute Gasteiger partial charge is 0.316 e. The van der Waals surface area contributed by atoms with E-state index in [1.165, 1.54) is 13.1 Å². The van der Waals surface area contributed by atoms with E-state index in [0.717, 1.165) is 5.92 Å². The summed E-state index contributed by atoms with van der Waals surface area (Å²) >= 11 is 0. The molecule has 1 aliphatic heterocycles. The second-order valence-electron chi connectivity index (χ2n) is 3.52. The summed E-state index contributed by atoms with van der Waals surface area (Å²) in [5, 5.41) is 3.36. The molecule has 1 fully saturated rings. The molecule has 1 N–H and O–H groups in total. The van der Waals surface area contributed by atoms with Gasteiger partial charge in [-0.05, 0) is 17.9 Å². The van der Waals surface area contributed by atoms with E-state index in [9.17, 15) is 0 Å². The van der Waals surface area contributed by atoms with Crippen LogP contribution < -0.4 is 5.32 Å². The zero-order valence-corrected chi connectivity index (χ0v) is 9.99. The van der Waals surface area contributed by atoms with Crippen LogP contribution >= 0.6 is 0 Å². The van der Waals surface area contributed by atoms with Crippen LogP contribution in [0.2, 0.25) is 0 Å². The Morgan fingerprint density at radius 2 is 1.50 bits per heavy atom. The summed E-state index contributed by atoms with van der Waals surface area (Å²) < 4.78 is 0. The molecule has 1 heteroatoms. The van der Waals surface area contributed by atoms with Gasteiger partial charge in [0.05, 0.1) is 0 Å². The van der Waals surface area contributed by atoms with Crippen LogP contribution in [-0.4, -0.2) is 13.1 Å². The third-order valence-electron chi connectivity index (χ3n) is 2.37. The summed E-state index contributed by atoms with van der Waals surface area (Å²) in [6.07, 6.45) is 0. The van der Waals surface area contributed by atoms with Gasteiger partial charge in [-0.25, -0.2) is 0 Å². The van der Waals surface area contributed by atoms with E-state index in [2.05, 4.69) is 26.1 Å². The average Bonchev–Trinajstić information content (AvgIpc) is 2.38. The second-order valence-corrected chi connectivity index (χ2v) is 3.52. The molecule has 12 heavy (non-hydrogen) atoms. The van der Waals surface area contributed by atoms with Gasteiger partial charge in [0.15, 0.2) is 0 Å². The molecule has 1 heterocycles. The zero-order valence-electron chi connectivity index (χ0n) is 9.99. The number of hydrogen-bond acceptors (Lipinski definition) is 1. The highest BCUT2D eigenvalue weighted by atomic mass is 14.9. The third kappa shape index (κ3) is 4.76. The van der Waals surface area contributed by atoms with E-state index in [0.29, 0.717) is 5.41 Å². The highest BCUT2D eigenvalue weighted by Crippen LogP contribution is 2.28. The lowest BCUT2D eigenvalue weighted by Gasteiger charge is -2.21. The lowest BCUT2D eigenvalue weighted by atomic mass is 9.84. The molecule has 76 valence electrons. The molecule has 1 atom stereocenters. The summed E-state index contributed by atoms with van der Waals surface area (Å²) in [6, 6.07) is 0. The van der Waals surface area contributed by atoms with E-state index >= 15 is 0 Å². The van der Waals surface area contributed by atoms with Crippen LogP contribution in [-0.2, 0) is 0 Å². The normalized spacial score (nSPS) is 24.8. The second kappa shape index (κ2) is 7.60. The average molecular weight is 173 g/mol. The fraction of sp³-hybridized carbons (Fsp3) is 1.00. The van der Waals surface area contributed by atoms with Crippen molar-refractivity contribution in [3.05, 3.63) is 0 Å². The predicted molar refractivity (Wildman–Crippen MR) is 58.5 cm³/mol. The highest BCUT2D eigenvalue weighted by molar-refractivity contribution is 4.85. The third-order valence-corrected chi connectivity index (χ3v) is 2.37. The van der Waals surface area contributed by atoms with Crippen LogP contribution in [0.25, 0.3) is 0 Å². The monoisotopic (exact) mass is 173 g/mol. The van der Waals surface area contributed by atoms with Gasteiger partial charge in [-0.3, -0.25) is 0 Å². The van der Waals surface area contributed by atoms with E-state index in [4.69, 9.17) is 0 Å². The molecule has 0 aliphatic carbocycles. The quantitative estimate of drug-likeness (QED) is 0.592. The van der Waals surface area contributed by atoms with Gasteiger partial charge in [0.2, 0.25) is 0 Å². The standard InChI is InChI=1S/C7H15N.2C2H6/c1-6-4-8-5-7(6,2)3;2*1-2/h6,8H,4-5H2,1-3H3;2*1-2H3. The van der Waals surface area contributed by atoms with Crippen molar-refractivity contribution >= 4 is 0 Å². The smallest absolute Gasteiger partial charge is 0.000566 e. The summed E-state index contributed by atoms with van der Waals surface area (Å²) in [5.41, 5.74) is 0.542. The van der Waals surface area contributed by atoms with Crippen molar-refractivity contribution < 1.29 is 0 Å². The Bertz CT molecular complexity index is 87.0. The number of nitrogens with one attached hydrogen (secondary N) is 1. The van der Waals surface area contributed by atoms with Crippen LogP contribution in [0, 0.1) is 11.3 Å². The molecule has 0 radical (unpaired) electrons. The molecule has 0 saturated carbocycles. The van der Waals surface area contributed by atoms with Crippen molar-refractivity contribution in [1.29, 1.82) is 0 Å². The lowest BCUT2D eigenvalue weighted by Crippen LogP contribution is -2.19. The Labute approximate surface area is 78.9 Å². The topological polar surface area (TPSA) is 12.0 Å². The first-order valence-electron chi connectivity index (χ1n) is 5.33. The molecule has 0 amide bonds. The van der Waals surface area contributed by atoms with E-state index in [-0.39, 0.29) is 0 Å². The maximum absolute atomic E-state index is 3.36. The summed E-state index contributed by atoms with van der Waals surface area (Å²) in [5.74, 6) is 0.850. The molecule has 1 rings (SSSR count). The van der Waals surface area contributed by atoms with E-state index in [1.807, 2.05) is 27.7 Å². The van der Waals surface area contributed by atoms with Crippen LogP contribution in [0.3, 0.4) is 0 Å². The van der Waals surface area contributed by atoms with E-state index in [1.54, 1.807) is 0 Å². The van der Waals surface area contributed by atoms with Gasteiger partial charge in [0.1, 0.15) is 0 Å². The Morgan fingerprint density at radius 3 is 1.58 bits per heavy atom. The summed E-state index contributed by atoms with van der Waals surface area (Å²) in [6.45, 7) is 17.3. The lowest BCUT2D eigenvalue weighted by molar-refractivity contribution is 0.311. The van der Waals surface area contributed by atoms with E-state index < -0.39 is 0 Å². The van der Waals surface area contributed by atoms with Gasteiger partial charge in [0.25, 0.3) is 0 Å². The summed E-state index contributed by atoms with van der Waals surface area (Å²) in [4.78, 5) is 0. The van der Waals surface area contributed by atoms with Gasteiger partial charge >= 0.3 is 0 Å². The highest BCUT2D eigenvalue weighted by Gasteiger charge is 2.30. The van der Waals surface area contributed by atoms with Gasteiger partial charge in [-0.15, -0.1) is 0 Å². The van der Waals surface area contributed by atoms with Crippen LogP contribution in [0.1, 0.15) is 48.5 Å². The molecule has 1 unspecified atom stereocenters. The molecule has 1 aliphatic rings. The number of rotatable bonds is 0. The molecular weight excluding hydrogens is 146 g/mol. The first-order chi connectivity index (χ1) is 5.63. The molecule has 0 spiro atoms. The van der Waals surface area contributed by atoms with Crippen LogP contribution in [0.15, 0.2) is 0 Å². The minimum atomic E-state index is 0.542. The van der Waals surface area contributed by atoms with Crippen LogP contribution in [0.4, 0.5) is 0 Å². The van der Waals surface area contributed by atoms with Crippen molar-refractivity contribution in [3.63, 3.8) is 0 Å². The molecule has 0 bridgehead atoms. The van der Waals surface area contributed by atoms with Crippen molar-refractivity contribution in [2.45, 2.75) is 48.5 Å². The summed E-state index contributed by atoms with van der Waals surface area (Å²) in [7, 11) is 0. The molecule has 1 nitrogen and oxygen atoms in total. The van der Waals surface area contributed by atoms with Crippen molar-refractivity contribution in [1.82, 2.24) is 5.32 Å². The molecule has 0 aromatic carbocycles. The molecular formula is C11H27N. The molecule has 0 aromatic rings. The SMILES string of the molecule is CC.CC.CC1CNCC1(C)C. The van der Waals surface area contributed by atoms with Gasteiger partial charge in [-0.1, -0.05) is 48.5 Å². The predicted octanol–water partition coefficient (Wildman–Crippen LogP) is 3.30. The Balaban J connectivity index is 0. The first-order valence-corrected chi connectivity index (χ1v) is 5.33. The Morgan fingerprint density at radius 1 is 1.08 bits per heavy atom. The zero-order chi connectivity index (χ0) is 10.2. The minimum Gasteiger partial charge on any atom is -0.316 e. The maximum Gasteiger partial charge on any atom is 0.000566 e. The van der Waals surface area contributed by atoms with Crippen molar-refractivity contribution in [2.24, 2.45) is 11.3 Å². The Hall–Kier alpha value is -0.0400. The van der Waals surface area contributed by atoms with Gasteiger partial charge in [0, 0.05) is 6.54 Å². The van der Waals surface area contributed by atoms with Crippen molar-refractivity contribution in [2.75, 3.05) is 13.1 Å². The minimum absolute atomic E-state index is 0.542. The van der Waals surface area contributed by atoms with Gasteiger partial charge < -0.3 is 5.32 Å². The maximum atomic E-state index is 3.36. The van der Waals surface area contributed by atoms with Gasteiger partial charge in [-0.2, -0.15) is 0 Å². The Kier molecular flexibility index (Phi) is 9.17. The fourth-order valence-corrected chi connectivity index (χ4v) is 1.06. The van der Waals surface area contributed by atoms with Crippen molar-refractivity contribution in [3.8, 4) is 0 Å². The first kappa shape index (κ1) is 14.5. The van der Waals surface area contributed by atoms with Crippen LogP contribution in [0.5, 0.6) is 0 Å². The molecule has 1 saturated heterocycles. The number of hydrogen-bond donors (Lipinski definition) is 1. The fourth-order valence-electron chi connectivity index (χ4n) is 1.06. The molecule has 0 aromatic heterocycles.